The molecule has 0 radical (unpaired) electrons. The fourth-order valence-electron chi connectivity index (χ4n) is 2.06. The molecule has 2 aromatic carbocycles. The Hall–Kier alpha value is -2.38. The van der Waals surface area contributed by atoms with Crippen molar-refractivity contribution >= 4 is 40.0 Å². The number of carbonyl (C=O) groups excluding carboxylic acids is 1. The molecule has 0 bridgehead atoms. The molecule has 0 aliphatic carbocycles. The summed E-state index contributed by atoms with van der Waals surface area (Å²) in [5.74, 6) is -0.456. The Morgan fingerprint density at radius 3 is 2.76 bits per heavy atom. The molecule has 25 heavy (non-hydrogen) atoms. The summed E-state index contributed by atoms with van der Waals surface area (Å²) in [6.45, 7) is 3.66. The number of hydrogen-bond acceptors (Lipinski definition) is 5. The van der Waals surface area contributed by atoms with Crippen molar-refractivity contribution in [3.63, 3.8) is 0 Å². The monoisotopic (exact) mass is 373 g/mol. The predicted molar refractivity (Wildman–Crippen MR) is 102 cm³/mol. The Balaban J connectivity index is 1.66. The van der Waals surface area contributed by atoms with Crippen molar-refractivity contribution < 1.29 is 9.18 Å². The zero-order valence-corrected chi connectivity index (χ0v) is 15.3. The first-order chi connectivity index (χ1) is 12.0. The van der Waals surface area contributed by atoms with Crippen LogP contribution in [-0.4, -0.2) is 10.9 Å². The lowest BCUT2D eigenvalue weighted by Crippen LogP contribution is -2.11. The van der Waals surface area contributed by atoms with Crippen molar-refractivity contribution in [1.29, 1.82) is 0 Å². The fraction of sp³-hybridized carbons (Fsp3) is 0.111. The molecular formula is C18H16FN3OS2. The van der Waals surface area contributed by atoms with Crippen molar-refractivity contribution in [3.05, 3.63) is 70.5 Å². The van der Waals surface area contributed by atoms with Gasteiger partial charge in [0, 0.05) is 27.2 Å². The van der Waals surface area contributed by atoms with E-state index in [1.54, 1.807) is 37.4 Å². The maximum absolute atomic E-state index is 13.6. The largest absolute Gasteiger partial charge is 0.326 e. The maximum atomic E-state index is 13.6. The Kier molecular flexibility index (Phi) is 5.35. The summed E-state index contributed by atoms with van der Waals surface area (Å²) in [5.41, 5.74) is 1.89. The minimum Gasteiger partial charge on any atom is -0.326 e. The number of nitrogens with zero attached hydrogens (tertiary/aromatic N) is 1. The molecule has 0 spiro atoms. The predicted octanol–water partition coefficient (Wildman–Crippen LogP) is 5.27. The first kappa shape index (κ1) is 17.4. The van der Waals surface area contributed by atoms with E-state index in [1.165, 1.54) is 29.4 Å². The van der Waals surface area contributed by atoms with Crippen LogP contribution in [0.1, 0.15) is 20.8 Å². The number of benzene rings is 2. The number of nitrogens with one attached hydrogen (secondary N) is 2. The van der Waals surface area contributed by atoms with Gasteiger partial charge in [-0.05, 0) is 61.7 Å². The summed E-state index contributed by atoms with van der Waals surface area (Å²) in [7, 11) is 0. The van der Waals surface area contributed by atoms with Gasteiger partial charge in [0.25, 0.3) is 5.91 Å². The minimum absolute atomic E-state index is 0.218. The molecule has 3 rings (SSSR count). The van der Waals surface area contributed by atoms with Gasteiger partial charge in [-0.3, -0.25) is 10.1 Å². The molecule has 7 heteroatoms. The van der Waals surface area contributed by atoms with Crippen LogP contribution in [0.15, 0.2) is 53.6 Å². The van der Waals surface area contributed by atoms with E-state index in [1.807, 2.05) is 19.1 Å². The van der Waals surface area contributed by atoms with Crippen LogP contribution < -0.4 is 10.0 Å². The number of halogens is 1. The molecule has 0 saturated carbocycles. The highest BCUT2D eigenvalue weighted by atomic mass is 32.2. The first-order valence-electron chi connectivity index (χ1n) is 7.54. The van der Waals surface area contributed by atoms with Crippen molar-refractivity contribution in [2.75, 3.05) is 10.0 Å². The van der Waals surface area contributed by atoms with Gasteiger partial charge in [-0.25, -0.2) is 9.37 Å². The van der Waals surface area contributed by atoms with Crippen molar-refractivity contribution in [2.45, 2.75) is 18.7 Å². The quantitative estimate of drug-likeness (QED) is 0.598. The molecule has 0 aliphatic heterocycles. The second kappa shape index (κ2) is 7.67. The molecule has 2 N–H and O–H groups in total. The van der Waals surface area contributed by atoms with Gasteiger partial charge in [-0.2, -0.15) is 0 Å². The average Bonchev–Trinajstić information content (AvgIpc) is 3.01. The lowest BCUT2D eigenvalue weighted by atomic mass is 10.2. The number of hydrogen-bond donors (Lipinski definition) is 2. The van der Waals surface area contributed by atoms with E-state index in [4.69, 9.17) is 0 Å². The smallest absolute Gasteiger partial charge is 0.257 e. The van der Waals surface area contributed by atoms with E-state index in [2.05, 4.69) is 15.0 Å². The van der Waals surface area contributed by atoms with E-state index in [9.17, 15) is 9.18 Å². The maximum Gasteiger partial charge on any atom is 0.257 e. The molecule has 4 nitrogen and oxygen atoms in total. The van der Waals surface area contributed by atoms with Crippen LogP contribution in [0.5, 0.6) is 0 Å². The molecule has 0 atom stereocenters. The Bertz CT molecular complexity index is 911. The molecular weight excluding hydrogens is 357 g/mol. The normalized spacial score (nSPS) is 10.5. The van der Waals surface area contributed by atoms with Crippen LogP contribution in [0.2, 0.25) is 0 Å². The van der Waals surface area contributed by atoms with Gasteiger partial charge >= 0.3 is 0 Å². The SMILES string of the molecule is Cc1cnc(NC(=O)c2cccc(NSc3ccc(C)c(F)c3)c2)s1. The standard InChI is InChI=1S/C18H16FN3OS2/c1-11-6-7-15(9-16(11)19)25-22-14-5-3-4-13(8-14)17(23)21-18-20-10-12(2)24-18/h3-10,22H,1-2H3,(H,20,21,23). The van der Waals surface area contributed by atoms with Gasteiger partial charge in [0.1, 0.15) is 5.82 Å². The summed E-state index contributed by atoms with van der Waals surface area (Å²) >= 11 is 2.72. The highest BCUT2D eigenvalue weighted by Gasteiger charge is 2.09. The number of thiazole rings is 1. The molecule has 128 valence electrons. The number of anilines is 2. The summed E-state index contributed by atoms with van der Waals surface area (Å²) in [4.78, 5) is 18.2. The molecule has 0 unspecified atom stereocenters. The number of aryl methyl sites for hydroxylation is 2. The highest BCUT2D eigenvalue weighted by molar-refractivity contribution is 8.00. The number of aromatic nitrogens is 1. The van der Waals surface area contributed by atoms with E-state index >= 15 is 0 Å². The molecule has 0 saturated heterocycles. The third-order valence-corrected chi connectivity index (χ3v) is 5.05. The third kappa shape index (κ3) is 4.58. The van der Waals surface area contributed by atoms with Crippen LogP contribution in [0, 0.1) is 19.7 Å². The fourth-order valence-corrected chi connectivity index (χ4v) is 3.38. The zero-order chi connectivity index (χ0) is 17.8. The van der Waals surface area contributed by atoms with E-state index in [0.29, 0.717) is 16.3 Å². The summed E-state index contributed by atoms with van der Waals surface area (Å²) in [5, 5.41) is 3.35. The van der Waals surface area contributed by atoms with Gasteiger partial charge in [-0.15, -0.1) is 11.3 Å². The van der Waals surface area contributed by atoms with Crippen molar-refractivity contribution in [1.82, 2.24) is 4.98 Å². The van der Waals surface area contributed by atoms with Gasteiger partial charge in [-0.1, -0.05) is 12.1 Å². The molecule has 0 fully saturated rings. The minimum atomic E-state index is -0.237. The van der Waals surface area contributed by atoms with Gasteiger partial charge in [0.05, 0.1) is 0 Å². The van der Waals surface area contributed by atoms with Crippen LogP contribution >= 0.6 is 23.3 Å². The average molecular weight is 373 g/mol. The van der Waals surface area contributed by atoms with Gasteiger partial charge in [0.15, 0.2) is 5.13 Å². The Labute approximate surface area is 153 Å². The van der Waals surface area contributed by atoms with E-state index in [-0.39, 0.29) is 11.7 Å². The van der Waals surface area contributed by atoms with E-state index in [0.717, 1.165) is 15.5 Å². The number of carbonyl (C=O) groups is 1. The molecule has 3 aromatic rings. The second-order valence-electron chi connectivity index (χ2n) is 5.43. The topological polar surface area (TPSA) is 54.0 Å². The van der Waals surface area contributed by atoms with Crippen LogP contribution in [0.4, 0.5) is 15.2 Å². The zero-order valence-electron chi connectivity index (χ0n) is 13.7. The van der Waals surface area contributed by atoms with Crippen LogP contribution in [0.3, 0.4) is 0 Å². The van der Waals surface area contributed by atoms with Gasteiger partial charge in [0.2, 0.25) is 0 Å². The second-order valence-corrected chi connectivity index (χ2v) is 7.54. The van der Waals surface area contributed by atoms with Gasteiger partial charge < -0.3 is 4.72 Å². The summed E-state index contributed by atoms with van der Waals surface area (Å²) < 4.78 is 16.7. The van der Waals surface area contributed by atoms with Crippen molar-refractivity contribution in [3.8, 4) is 0 Å². The molecule has 1 aromatic heterocycles. The molecule has 0 aliphatic rings. The van der Waals surface area contributed by atoms with E-state index < -0.39 is 0 Å². The molecule has 1 amide bonds. The Morgan fingerprint density at radius 1 is 1.20 bits per heavy atom. The summed E-state index contributed by atoms with van der Waals surface area (Å²) in [6.07, 6.45) is 1.72. The number of rotatable bonds is 5. The Morgan fingerprint density at radius 2 is 2.04 bits per heavy atom. The van der Waals surface area contributed by atoms with Crippen LogP contribution in [0.25, 0.3) is 0 Å². The number of amides is 1. The summed E-state index contributed by atoms with van der Waals surface area (Å²) in [6, 6.07) is 12.2. The lowest BCUT2D eigenvalue weighted by molar-refractivity contribution is 0.102. The molecule has 1 heterocycles. The highest BCUT2D eigenvalue weighted by Crippen LogP contribution is 2.24. The first-order valence-corrected chi connectivity index (χ1v) is 9.17. The van der Waals surface area contributed by atoms with Crippen LogP contribution in [-0.2, 0) is 0 Å². The lowest BCUT2D eigenvalue weighted by Gasteiger charge is -2.08. The van der Waals surface area contributed by atoms with Crippen molar-refractivity contribution in [2.24, 2.45) is 0 Å². The third-order valence-electron chi connectivity index (χ3n) is 3.40.